The first kappa shape index (κ1) is 16.0. The number of hydrogen-bond acceptors (Lipinski definition) is 0. The molecule has 0 spiro atoms. The van der Waals surface area contributed by atoms with E-state index >= 15 is 0 Å². The van der Waals surface area contributed by atoms with Gasteiger partial charge in [-0.2, -0.15) is 0 Å². The fraction of sp³-hybridized carbons (Fsp3) is 0.333. The van der Waals surface area contributed by atoms with Gasteiger partial charge in [0, 0.05) is 12.0 Å². The highest BCUT2D eigenvalue weighted by atomic mass is 35.5. The fourth-order valence-corrected chi connectivity index (χ4v) is 1.97. The standard InChI is InChI=1S/C15H22N.ClH/c1-4-6-13-16(3,12-5-2)14-15-10-8-7-9-11-15;/h4-5,7-11H,1-2,6,12-14H2,3H3;1H/q+1;/p-1. The van der Waals surface area contributed by atoms with Crippen molar-refractivity contribution in [1.82, 2.24) is 0 Å². The molecule has 94 valence electrons. The maximum absolute atomic E-state index is 3.85. The lowest BCUT2D eigenvalue weighted by molar-refractivity contribution is -0.916. The number of likely N-dealkylation sites (N-methyl/N-ethyl adjacent to an activating group) is 1. The number of halogens is 1. The number of rotatable bonds is 7. The molecule has 0 bridgehead atoms. The molecular weight excluding hydrogens is 230 g/mol. The SMILES string of the molecule is C=CCC[N+](C)(CC=C)Cc1ccccc1.[Cl-]. The molecule has 1 atom stereocenters. The van der Waals surface area contributed by atoms with Crippen LogP contribution in [0.15, 0.2) is 55.6 Å². The molecule has 0 aliphatic rings. The zero-order chi connectivity index (χ0) is 11.9. The quantitative estimate of drug-likeness (QED) is 0.486. The molecule has 2 heteroatoms. The van der Waals surface area contributed by atoms with E-state index in [1.54, 1.807) is 0 Å². The van der Waals surface area contributed by atoms with Gasteiger partial charge in [-0.3, -0.25) is 0 Å². The Hall–Kier alpha value is -1.05. The van der Waals surface area contributed by atoms with Crippen molar-refractivity contribution in [1.29, 1.82) is 0 Å². The van der Waals surface area contributed by atoms with Crippen LogP contribution in [0.4, 0.5) is 0 Å². The third-order valence-electron chi connectivity index (χ3n) is 2.85. The maximum atomic E-state index is 3.85. The van der Waals surface area contributed by atoms with Gasteiger partial charge < -0.3 is 16.9 Å². The molecule has 0 N–H and O–H groups in total. The van der Waals surface area contributed by atoms with Crippen molar-refractivity contribution < 1.29 is 16.9 Å². The molecule has 0 saturated carbocycles. The highest BCUT2D eigenvalue weighted by Gasteiger charge is 2.19. The van der Waals surface area contributed by atoms with Crippen molar-refractivity contribution in [2.24, 2.45) is 0 Å². The van der Waals surface area contributed by atoms with Gasteiger partial charge in [0.2, 0.25) is 0 Å². The van der Waals surface area contributed by atoms with Crippen molar-refractivity contribution in [3.8, 4) is 0 Å². The summed E-state index contributed by atoms with van der Waals surface area (Å²) in [6.07, 6.45) is 5.05. The molecule has 0 radical (unpaired) electrons. The van der Waals surface area contributed by atoms with E-state index in [1.165, 1.54) is 5.56 Å². The van der Waals surface area contributed by atoms with Crippen molar-refractivity contribution >= 4 is 0 Å². The number of quaternary nitrogens is 1. The third kappa shape index (κ3) is 5.71. The second kappa shape index (κ2) is 8.10. The Bertz CT molecular complexity index is 334. The van der Waals surface area contributed by atoms with Gasteiger partial charge in [0.1, 0.15) is 6.54 Å². The monoisotopic (exact) mass is 251 g/mol. The summed E-state index contributed by atoms with van der Waals surface area (Å²) >= 11 is 0. The van der Waals surface area contributed by atoms with E-state index in [4.69, 9.17) is 0 Å². The van der Waals surface area contributed by atoms with E-state index in [-0.39, 0.29) is 12.4 Å². The number of nitrogens with zero attached hydrogens (tertiary/aromatic N) is 1. The normalized spacial score (nSPS) is 13.2. The van der Waals surface area contributed by atoms with Gasteiger partial charge in [0.05, 0.1) is 20.1 Å². The molecule has 1 aromatic carbocycles. The van der Waals surface area contributed by atoms with Crippen LogP contribution in [-0.4, -0.2) is 24.6 Å². The highest BCUT2D eigenvalue weighted by Crippen LogP contribution is 2.13. The first-order chi connectivity index (χ1) is 7.70. The summed E-state index contributed by atoms with van der Waals surface area (Å²) in [4.78, 5) is 0. The molecule has 17 heavy (non-hydrogen) atoms. The van der Waals surface area contributed by atoms with E-state index in [2.05, 4.69) is 50.5 Å². The Balaban J connectivity index is 0.00000256. The minimum Gasteiger partial charge on any atom is -1.00 e. The van der Waals surface area contributed by atoms with Gasteiger partial charge in [-0.1, -0.05) is 43.0 Å². The summed E-state index contributed by atoms with van der Waals surface area (Å²) in [6, 6.07) is 10.6. The first-order valence-corrected chi connectivity index (χ1v) is 5.79. The zero-order valence-electron chi connectivity index (χ0n) is 10.6. The van der Waals surface area contributed by atoms with E-state index in [0.29, 0.717) is 0 Å². The molecule has 0 aromatic heterocycles. The lowest BCUT2D eigenvalue weighted by atomic mass is 10.2. The molecule has 1 aromatic rings. The second-order valence-corrected chi connectivity index (χ2v) is 4.54. The van der Waals surface area contributed by atoms with Crippen LogP contribution >= 0.6 is 0 Å². The Morgan fingerprint density at radius 1 is 1.12 bits per heavy atom. The minimum atomic E-state index is 0. The molecule has 1 rings (SSSR count). The largest absolute Gasteiger partial charge is 1.00 e. The topological polar surface area (TPSA) is 0 Å². The van der Waals surface area contributed by atoms with Crippen molar-refractivity contribution in [2.75, 3.05) is 20.1 Å². The Morgan fingerprint density at radius 2 is 1.76 bits per heavy atom. The van der Waals surface area contributed by atoms with Crippen LogP contribution in [0.5, 0.6) is 0 Å². The lowest BCUT2D eigenvalue weighted by Gasteiger charge is -2.33. The van der Waals surface area contributed by atoms with Gasteiger partial charge in [-0.15, -0.1) is 6.58 Å². The van der Waals surface area contributed by atoms with Gasteiger partial charge in [0.25, 0.3) is 0 Å². The summed E-state index contributed by atoms with van der Waals surface area (Å²) in [5.74, 6) is 0. The number of hydrogen-bond donors (Lipinski definition) is 0. The van der Waals surface area contributed by atoms with Crippen molar-refractivity contribution in [2.45, 2.75) is 13.0 Å². The van der Waals surface area contributed by atoms with E-state index in [9.17, 15) is 0 Å². The van der Waals surface area contributed by atoms with Crippen LogP contribution in [0.25, 0.3) is 0 Å². The van der Waals surface area contributed by atoms with E-state index in [0.717, 1.165) is 30.5 Å². The summed E-state index contributed by atoms with van der Waals surface area (Å²) in [7, 11) is 2.28. The first-order valence-electron chi connectivity index (χ1n) is 5.79. The zero-order valence-corrected chi connectivity index (χ0v) is 11.4. The van der Waals surface area contributed by atoms with Gasteiger partial charge in [-0.25, -0.2) is 0 Å². The Kier molecular flexibility index (Phi) is 7.60. The third-order valence-corrected chi connectivity index (χ3v) is 2.85. The van der Waals surface area contributed by atoms with Crippen LogP contribution in [0.2, 0.25) is 0 Å². The Morgan fingerprint density at radius 3 is 2.29 bits per heavy atom. The molecule has 0 aliphatic carbocycles. The molecule has 1 nitrogen and oxygen atoms in total. The average molecular weight is 252 g/mol. The minimum absolute atomic E-state index is 0. The van der Waals surface area contributed by atoms with Gasteiger partial charge in [0.15, 0.2) is 0 Å². The lowest BCUT2D eigenvalue weighted by Crippen LogP contribution is -3.00. The average Bonchev–Trinajstić information content (AvgIpc) is 2.28. The Labute approximate surface area is 111 Å². The smallest absolute Gasteiger partial charge is 0.104 e. The summed E-state index contributed by atoms with van der Waals surface area (Å²) < 4.78 is 1.000. The van der Waals surface area contributed by atoms with Crippen LogP contribution < -0.4 is 12.4 Å². The van der Waals surface area contributed by atoms with Crippen LogP contribution in [-0.2, 0) is 6.54 Å². The van der Waals surface area contributed by atoms with Crippen molar-refractivity contribution in [3.05, 3.63) is 61.2 Å². The van der Waals surface area contributed by atoms with Gasteiger partial charge in [-0.05, 0) is 6.08 Å². The van der Waals surface area contributed by atoms with Crippen LogP contribution in [0, 0.1) is 0 Å². The summed E-state index contributed by atoms with van der Waals surface area (Å²) in [5, 5.41) is 0. The molecule has 0 fully saturated rings. The van der Waals surface area contributed by atoms with E-state index in [1.807, 2.05) is 12.2 Å². The molecule has 1 unspecified atom stereocenters. The molecule has 0 amide bonds. The number of benzene rings is 1. The maximum Gasteiger partial charge on any atom is 0.104 e. The summed E-state index contributed by atoms with van der Waals surface area (Å²) in [5.41, 5.74) is 1.39. The molecular formula is C15H22ClN. The van der Waals surface area contributed by atoms with Crippen LogP contribution in [0.3, 0.4) is 0 Å². The van der Waals surface area contributed by atoms with Crippen LogP contribution in [0.1, 0.15) is 12.0 Å². The van der Waals surface area contributed by atoms with Crippen molar-refractivity contribution in [3.63, 3.8) is 0 Å². The summed E-state index contributed by atoms with van der Waals surface area (Å²) in [6.45, 7) is 10.8. The van der Waals surface area contributed by atoms with Gasteiger partial charge >= 0.3 is 0 Å². The van der Waals surface area contributed by atoms with E-state index < -0.39 is 0 Å². The predicted molar refractivity (Wildman–Crippen MR) is 71.1 cm³/mol. The fourth-order valence-electron chi connectivity index (χ4n) is 1.97. The molecule has 0 saturated heterocycles. The molecule has 0 aliphatic heterocycles. The second-order valence-electron chi connectivity index (χ2n) is 4.54. The molecule has 0 heterocycles. The predicted octanol–water partition coefficient (Wildman–Crippen LogP) is 0.399. The highest BCUT2D eigenvalue weighted by molar-refractivity contribution is 5.13.